The molecule has 0 unspecified atom stereocenters. The molecule has 27 heavy (non-hydrogen) atoms. The minimum atomic E-state index is -3.27. The van der Waals surface area contributed by atoms with Gasteiger partial charge in [-0.1, -0.05) is 34.1 Å². The predicted octanol–water partition coefficient (Wildman–Crippen LogP) is 2.98. The third kappa shape index (κ3) is 7.86. The van der Waals surface area contributed by atoms with Gasteiger partial charge in [0.1, 0.15) is 0 Å². The molecule has 1 fully saturated rings. The molecule has 0 amide bonds. The number of benzene rings is 1. The molecule has 0 aromatic heterocycles. The van der Waals surface area contributed by atoms with E-state index in [0.29, 0.717) is 12.5 Å². The molecule has 1 aromatic carbocycles. The molecule has 6 nitrogen and oxygen atoms in total. The quantitative estimate of drug-likeness (QED) is 0.254. The van der Waals surface area contributed by atoms with Crippen molar-refractivity contribution >= 4 is 55.9 Å². The number of aliphatic imine (C=N–C) groups is 1. The number of sulfonamides is 1. The van der Waals surface area contributed by atoms with Crippen molar-refractivity contribution < 1.29 is 8.42 Å². The molecule has 1 saturated carbocycles. The Kier molecular flexibility index (Phi) is 9.02. The summed E-state index contributed by atoms with van der Waals surface area (Å²) in [7, 11) is -3.27. The summed E-state index contributed by atoms with van der Waals surface area (Å²) in [6.45, 7) is 7.54. The first-order valence-electron chi connectivity index (χ1n) is 8.83. The summed E-state index contributed by atoms with van der Waals surface area (Å²) in [6.07, 6.45) is 3.45. The Labute approximate surface area is 188 Å². The van der Waals surface area contributed by atoms with Crippen LogP contribution in [0.5, 0.6) is 0 Å². The standard InChI is InChI=1S/C18H29BrN4O2S.HI/c1-5-20-16(21-12-17(2,3)23-26(4,24)25)22-13-18(10-11-18)14-8-6-7-9-15(14)19;/h6-9,23H,5,10-13H2,1-4H3,(H2,20,21,22);1H. The van der Waals surface area contributed by atoms with Crippen molar-refractivity contribution in [1.82, 2.24) is 15.4 Å². The fourth-order valence-corrected chi connectivity index (χ4v) is 4.76. The molecule has 9 heteroatoms. The summed E-state index contributed by atoms with van der Waals surface area (Å²) in [5.74, 6) is 0.703. The van der Waals surface area contributed by atoms with Gasteiger partial charge in [-0.2, -0.15) is 0 Å². The third-order valence-electron chi connectivity index (χ3n) is 4.33. The van der Waals surface area contributed by atoms with Gasteiger partial charge in [-0.3, -0.25) is 4.99 Å². The van der Waals surface area contributed by atoms with Gasteiger partial charge < -0.3 is 10.6 Å². The van der Waals surface area contributed by atoms with E-state index < -0.39 is 15.6 Å². The molecule has 0 atom stereocenters. The minimum absolute atomic E-state index is 0. The molecule has 1 aromatic rings. The van der Waals surface area contributed by atoms with E-state index in [9.17, 15) is 8.42 Å². The van der Waals surface area contributed by atoms with E-state index in [1.54, 1.807) is 0 Å². The summed E-state index contributed by atoms with van der Waals surface area (Å²) >= 11 is 3.66. The molecular formula is C18H30BrIN4O2S. The number of hydrogen-bond donors (Lipinski definition) is 3. The van der Waals surface area contributed by atoms with Gasteiger partial charge in [-0.05, 0) is 45.2 Å². The lowest BCUT2D eigenvalue weighted by Gasteiger charge is -2.24. The van der Waals surface area contributed by atoms with Crippen LogP contribution in [-0.2, 0) is 15.4 Å². The summed E-state index contributed by atoms with van der Waals surface area (Å²) in [5.41, 5.74) is 0.814. The highest BCUT2D eigenvalue weighted by Gasteiger charge is 2.45. The van der Waals surface area contributed by atoms with E-state index in [0.717, 1.165) is 36.7 Å². The highest BCUT2D eigenvalue weighted by molar-refractivity contribution is 14.0. The van der Waals surface area contributed by atoms with Crippen LogP contribution in [0.25, 0.3) is 0 Å². The van der Waals surface area contributed by atoms with Crippen molar-refractivity contribution in [3.63, 3.8) is 0 Å². The highest BCUT2D eigenvalue weighted by atomic mass is 127. The van der Waals surface area contributed by atoms with Gasteiger partial charge in [0.25, 0.3) is 0 Å². The van der Waals surface area contributed by atoms with Gasteiger partial charge in [-0.15, -0.1) is 24.0 Å². The van der Waals surface area contributed by atoms with Gasteiger partial charge in [0.2, 0.25) is 10.0 Å². The normalized spacial score (nSPS) is 16.4. The van der Waals surface area contributed by atoms with Crippen LogP contribution in [-0.4, -0.2) is 45.8 Å². The second kappa shape index (κ2) is 9.89. The van der Waals surface area contributed by atoms with Crippen LogP contribution in [0.15, 0.2) is 33.7 Å². The molecule has 154 valence electrons. The Morgan fingerprint density at radius 1 is 1.26 bits per heavy atom. The molecule has 0 spiro atoms. The van der Waals surface area contributed by atoms with Gasteiger partial charge in [0, 0.05) is 28.5 Å². The second-order valence-corrected chi connectivity index (χ2v) is 10.2. The molecular weight excluding hydrogens is 543 g/mol. The molecule has 3 N–H and O–H groups in total. The Bertz CT molecular complexity index is 764. The van der Waals surface area contributed by atoms with Crippen LogP contribution in [0.3, 0.4) is 0 Å². The first-order valence-corrected chi connectivity index (χ1v) is 11.5. The molecule has 0 saturated heterocycles. The predicted molar refractivity (Wildman–Crippen MR) is 127 cm³/mol. The number of guanidine groups is 1. The largest absolute Gasteiger partial charge is 0.357 e. The monoisotopic (exact) mass is 572 g/mol. The van der Waals surface area contributed by atoms with Crippen LogP contribution >= 0.6 is 39.9 Å². The molecule has 1 aliphatic rings. The molecule has 0 aliphatic heterocycles. The van der Waals surface area contributed by atoms with Gasteiger partial charge in [0.05, 0.1) is 12.8 Å². The average Bonchev–Trinajstić information content (AvgIpc) is 3.29. The molecule has 1 aliphatic carbocycles. The maximum Gasteiger partial charge on any atom is 0.209 e. The Balaban J connectivity index is 0.00000364. The number of halogens is 2. The summed E-state index contributed by atoms with van der Waals surface area (Å²) in [4.78, 5) is 4.57. The zero-order chi connectivity index (χ0) is 19.4. The number of hydrogen-bond acceptors (Lipinski definition) is 3. The summed E-state index contributed by atoms with van der Waals surface area (Å²) < 4.78 is 26.7. The molecule has 0 radical (unpaired) electrons. The molecule has 0 heterocycles. The minimum Gasteiger partial charge on any atom is -0.357 e. The Morgan fingerprint density at radius 3 is 2.41 bits per heavy atom. The van der Waals surface area contributed by atoms with E-state index in [4.69, 9.17) is 0 Å². The van der Waals surface area contributed by atoms with Crippen LogP contribution in [0.4, 0.5) is 0 Å². The van der Waals surface area contributed by atoms with Crippen LogP contribution in [0.2, 0.25) is 0 Å². The second-order valence-electron chi connectivity index (χ2n) is 7.57. The zero-order valence-corrected chi connectivity index (χ0v) is 21.0. The van der Waals surface area contributed by atoms with E-state index in [2.05, 4.69) is 54.5 Å². The average molecular weight is 573 g/mol. The van der Waals surface area contributed by atoms with E-state index in [1.807, 2.05) is 26.8 Å². The van der Waals surface area contributed by atoms with Crippen molar-refractivity contribution in [3.05, 3.63) is 34.3 Å². The topological polar surface area (TPSA) is 82.6 Å². The van der Waals surface area contributed by atoms with Gasteiger partial charge >= 0.3 is 0 Å². The van der Waals surface area contributed by atoms with Gasteiger partial charge in [-0.25, -0.2) is 13.1 Å². The number of nitrogens with zero attached hydrogens (tertiary/aromatic N) is 1. The smallest absolute Gasteiger partial charge is 0.209 e. The zero-order valence-electron chi connectivity index (χ0n) is 16.3. The van der Waals surface area contributed by atoms with Crippen molar-refractivity contribution in [2.75, 3.05) is 25.9 Å². The van der Waals surface area contributed by atoms with E-state index in [1.165, 1.54) is 5.56 Å². The fraction of sp³-hybridized carbons (Fsp3) is 0.611. The fourth-order valence-electron chi connectivity index (χ4n) is 2.99. The third-order valence-corrected chi connectivity index (χ3v) is 5.95. The highest BCUT2D eigenvalue weighted by Crippen LogP contribution is 2.49. The lowest BCUT2D eigenvalue weighted by molar-refractivity contribution is 0.464. The van der Waals surface area contributed by atoms with Crippen molar-refractivity contribution in [2.24, 2.45) is 4.99 Å². The van der Waals surface area contributed by atoms with Crippen LogP contribution in [0, 0.1) is 0 Å². The first-order chi connectivity index (χ1) is 12.1. The van der Waals surface area contributed by atoms with Crippen molar-refractivity contribution in [1.29, 1.82) is 0 Å². The van der Waals surface area contributed by atoms with Crippen molar-refractivity contribution in [3.8, 4) is 0 Å². The Hall–Kier alpha value is -0.390. The van der Waals surface area contributed by atoms with Crippen LogP contribution in [0.1, 0.15) is 39.2 Å². The first kappa shape index (κ1) is 24.6. The van der Waals surface area contributed by atoms with Gasteiger partial charge in [0.15, 0.2) is 5.96 Å². The summed E-state index contributed by atoms with van der Waals surface area (Å²) in [6, 6.07) is 8.34. The summed E-state index contributed by atoms with van der Waals surface area (Å²) in [5, 5.41) is 6.66. The molecule has 0 bridgehead atoms. The van der Waals surface area contributed by atoms with E-state index >= 15 is 0 Å². The van der Waals surface area contributed by atoms with Crippen molar-refractivity contribution in [2.45, 2.75) is 44.6 Å². The SMILES string of the molecule is CCNC(=NCC(C)(C)NS(C)(=O)=O)NCC1(c2ccccc2Br)CC1.I. The maximum atomic E-state index is 11.5. The number of rotatable bonds is 8. The lowest BCUT2D eigenvalue weighted by Crippen LogP contribution is -2.47. The lowest BCUT2D eigenvalue weighted by atomic mass is 9.96. The Morgan fingerprint density at radius 2 is 1.89 bits per heavy atom. The number of nitrogens with one attached hydrogen (secondary N) is 3. The molecule has 2 rings (SSSR count). The maximum absolute atomic E-state index is 11.5. The van der Waals surface area contributed by atoms with E-state index in [-0.39, 0.29) is 29.4 Å². The van der Waals surface area contributed by atoms with Crippen LogP contribution < -0.4 is 15.4 Å².